The number of nitrogens with zero attached hydrogens (tertiary/aromatic N) is 1. The SMILES string of the molecule is O=C(Nc1cc(Cl)c(Br)cn1)c1cc(Cl)ccc1NS(=O)(=O)c1ccc(Oc2ccccc2Cl)cc1. The summed E-state index contributed by atoms with van der Waals surface area (Å²) in [4.78, 5) is 16.9. The van der Waals surface area contributed by atoms with E-state index in [9.17, 15) is 13.2 Å². The first-order valence-corrected chi connectivity index (χ1v) is 13.5. The molecule has 4 aromatic rings. The highest BCUT2D eigenvalue weighted by atomic mass is 79.9. The maximum Gasteiger partial charge on any atom is 0.261 e. The molecule has 12 heteroatoms. The lowest BCUT2D eigenvalue weighted by Gasteiger charge is -2.14. The van der Waals surface area contributed by atoms with Crippen molar-refractivity contribution in [2.45, 2.75) is 4.90 Å². The number of sulfonamides is 1. The minimum atomic E-state index is -4.06. The van der Waals surface area contributed by atoms with Gasteiger partial charge >= 0.3 is 0 Å². The van der Waals surface area contributed by atoms with E-state index in [4.69, 9.17) is 39.5 Å². The molecule has 2 N–H and O–H groups in total. The fraction of sp³-hybridized carbons (Fsp3) is 0. The van der Waals surface area contributed by atoms with E-state index in [2.05, 4.69) is 31.0 Å². The Labute approximate surface area is 230 Å². The molecule has 0 saturated carbocycles. The van der Waals surface area contributed by atoms with Crippen molar-refractivity contribution in [3.63, 3.8) is 0 Å². The zero-order chi connectivity index (χ0) is 25.9. The number of carbonyl (C=O) groups is 1. The molecule has 0 aliphatic heterocycles. The Morgan fingerprint density at radius 2 is 1.64 bits per heavy atom. The minimum absolute atomic E-state index is 0.00871. The van der Waals surface area contributed by atoms with E-state index < -0.39 is 15.9 Å². The predicted molar refractivity (Wildman–Crippen MR) is 145 cm³/mol. The van der Waals surface area contributed by atoms with Crippen molar-refractivity contribution < 1.29 is 17.9 Å². The molecule has 0 bridgehead atoms. The van der Waals surface area contributed by atoms with E-state index in [0.717, 1.165) is 0 Å². The number of pyridine rings is 1. The molecule has 4 rings (SSSR count). The third-order valence-electron chi connectivity index (χ3n) is 4.72. The van der Waals surface area contributed by atoms with Crippen LogP contribution in [0.2, 0.25) is 15.1 Å². The summed E-state index contributed by atoms with van der Waals surface area (Å²) in [5.41, 5.74) is 0.0158. The van der Waals surface area contributed by atoms with E-state index >= 15 is 0 Å². The van der Waals surface area contributed by atoms with Gasteiger partial charge in [0.2, 0.25) is 0 Å². The fourth-order valence-corrected chi connectivity index (χ4v) is 4.80. The Hall–Kier alpha value is -2.82. The minimum Gasteiger partial charge on any atom is -0.456 e. The number of aromatic nitrogens is 1. The Morgan fingerprint density at radius 1 is 0.917 bits per heavy atom. The highest BCUT2D eigenvalue weighted by molar-refractivity contribution is 9.10. The molecular weight excluding hydrogens is 613 g/mol. The first kappa shape index (κ1) is 26.2. The van der Waals surface area contributed by atoms with Gasteiger partial charge in [-0.15, -0.1) is 0 Å². The Bertz CT molecular complexity index is 1550. The van der Waals surface area contributed by atoms with Gasteiger partial charge in [0.1, 0.15) is 17.3 Å². The molecule has 0 spiro atoms. The Balaban J connectivity index is 1.55. The van der Waals surface area contributed by atoms with Gasteiger partial charge in [0, 0.05) is 17.3 Å². The van der Waals surface area contributed by atoms with Crippen LogP contribution in [0.25, 0.3) is 0 Å². The van der Waals surface area contributed by atoms with Crippen molar-refractivity contribution in [3.05, 3.63) is 104 Å². The third-order valence-corrected chi connectivity index (χ3v) is 7.82. The summed E-state index contributed by atoms with van der Waals surface area (Å²) >= 11 is 21.4. The molecule has 7 nitrogen and oxygen atoms in total. The van der Waals surface area contributed by atoms with Crippen molar-refractivity contribution in [1.29, 1.82) is 0 Å². The largest absolute Gasteiger partial charge is 0.456 e. The summed E-state index contributed by atoms with van der Waals surface area (Å²) in [7, 11) is -4.06. The summed E-state index contributed by atoms with van der Waals surface area (Å²) < 4.78 is 34.8. The number of hydrogen-bond acceptors (Lipinski definition) is 5. The highest BCUT2D eigenvalue weighted by Gasteiger charge is 2.20. The fourth-order valence-electron chi connectivity index (χ4n) is 3.00. The molecule has 0 aliphatic rings. The lowest BCUT2D eigenvalue weighted by atomic mass is 10.1. The Kier molecular flexibility index (Phi) is 8.07. The number of nitrogens with one attached hydrogen (secondary N) is 2. The summed E-state index contributed by atoms with van der Waals surface area (Å²) in [6.07, 6.45) is 1.43. The number of para-hydroxylation sites is 1. The molecule has 1 amide bonds. The number of halogens is 4. The van der Waals surface area contributed by atoms with Crippen LogP contribution < -0.4 is 14.8 Å². The van der Waals surface area contributed by atoms with E-state index in [-0.39, 0.29) is 27.0 Å². The van der Waals surface area contributed by atoms with Gasteiger partial charge in [0.05, 0.1) is 30.7 Å². The second kappa shape index (κ2) is 11.1. The first-order valence-electron chi connectivity index (χ1n) is 10.1. The molecule has 0 fully saturated rings. The molecule has 0 atom stereocenters. The van der Waals surface area contributed by atoms with E-state index in [0.29, 0.717) is 26.0 Å². The summed E-state index contributed by atoms with van der Waals surface area (Å²) in [5, 5.41) is 3.58. The van der Waals surface area contributed by atoms with E-state index in [1.165, 1.54) is 54.7 Å². The lowest BCUT2D eigenvalue weighted by molar-refractivity contribution is 0.102. The van der Waals surface area contributed by atoms with Gasteiger partial charge in [-0.2, -0.15) is 0 Å². The molecule has 184 valence electrons. The number of amides is 1. The van der Waals surface area contributed by atoms with Gasteiger partial charge in [-0.1, -0.05) is 46.9 Å². The van der Waals surface area contributed by atoms with Crippen LogP contribution in [-0.4, -0.2) is 19.3 Å². The van der Waals surface area contributed by atoms with Crippen LogP contribution in [0.15, 0.2) is 88.4 Å². The van der Waals surface area contributed by atoms with Gasteiger partial charge in [-0.3, -0.25) is 9.52 Å². The second-order valence-corrected chi connectivity index (χ2v) is 11.0. The van der Waals surface area contributed by atoms with Crippen LogP contribution in [0.5, 0.6) is 11.5 Å². The third kappa shape index (κ3) is 6.29. The predicted octanol–water partition coefficient (Wildman–Crippen LogP) is 7.65. The van der Waals surface area contributed by atoms with Gasteiger partial charge < -0.3 is 10.1 Å². The van der Waals surface area contributed by atoms with Gasteiger partial charge in [-0.05, 0) is 70.5 Å². The number of ether oxygens (including phenoxy) is 1. The van der Waals surface area contributed by atoms with Crippen LogP contribution in [-0.2, 0) is 10.0 Å². The zero-order valence-electron chi connectivity index (χ0n) is 18.0. The number of anilines is 2. The smallest absolute Gasteiger partial charge is 0.261 e. The summed E-state index contributed by atoms with van der Waals surface area (Å²) in [6, 6.07) is 18.3. The van der Waals surface area contributed by atoms with Crippen LogP contribution >= 0.6 is 50.7 Å². The van der Waals surface area contributed by atoms with Crippen LogP contribution in [0.4, 0.5) is 11.5 Å². The highest BCUT2D eigenvalue weighted by Crippen LogP contribution is 2.30. The molecule has 3 aromatic carbocycles. The van der Waals surface area contributed by atoms with Gasteiger partial charge in [0.25, 0.3) is 15.9 Å². The molecule has 36 heavy (non-hydrogen) atoms. The molecular formula is C24H15BrCl3N3O4S. The molecule has 1 heterocycles. The van der Waals surface area contributed by atoms with Crippen molar-refractivity contribution in [3.8, 4) is 11.5 Å². The van der Waals surface area contributed by atoms with Crippen molar-refractivity contribution >= 4 is 78.2 Å². The average molecular weight is 628 g/mol. The van der Waals surface area contributed by atoms with Gasteiger partial charge in [-0.25, -0.2) is 13.4 Å². The number of carbonyl (C=O) groups excluding carboxylic acids is 1. The Morgan fingerprint density at radius 3 is 2.33 bits per heavy atom. The maximum absolute atomic E-state index is 13.1. The molecule has 1 aromatic heterocycles. The second-order valence-electron chi connectivity index (χ2n) is 7.24. The molecule has 0 aliphatic carbocycles. The van der Waals surface area contributed by atoms with Crippen molar-refractivity contribution in [2.24, 2.45) is 0 Å². The topological polar surface area (TPSA) is 97.4 Å². The molecule has 0 unspecified atom stereocenters. The van der Waals surface area contributed by atoms with Crippen LogP contribution in [0, 0.1) is 0 Å². The monoisotopic (exact) mass is 625 g/mol. The van der Waals surface area contributed by atoms with Crippen LogP contribution in [0.3, 0.4) is 0 Å². The normalized spacial score (nSPS) is 11.1. The standard InChI is InChI=1S/C24H15BrCl3N3O4S/c25-18-13-29-23(12-20(18)28)30-24(32)17-11-14(26)5-10-21(17)31-36(33,34)16-8-6-15(7-9-16)35-22-4-2-1-3-19(22)27/h1-13,31H,(H,29,30,32). The summed E-state index contributed by atoms with van der Waals surface area (Å²) in [6.45, 7) is 0. The summed E-state index contributed by atoms with van der Waals surface area (Å²) in [5.74, 6) is 0.376. The number of benzene rings is 3. The molecule has 0 saturated heterocycles. The number of hydrogen-bond donors (Lipinski definition) is 2. The quantitative estimate of drug-likeness (QED) is 0.219. The van der Waals surface area contributed by atoms with Crippen LogP contribution in [0.1, 0.15) is 10.4 Å². The molecule has 0 radical (unpaired) electrons. The zero-order valence-corrected chi connectivity index (χ0v) is 22.7. The average Bonchev–Trinajstić information content (AvgIpc) is 2.84. The number of rotatable bonds is 7. The van der Waals surface area contributed by atoms with Crippen molar-refractivity contribution in [2.75, 3.05) is 10.0 Å². The van der Waals surface area contributed by atoms with E-state index in [1.54, 1.807) is 24.3 Å². The first-order chi connectivity index (χ1) is 17.1. The van der Waals surface area contributed by atoms with E-state index in [1.807, 2.05) is 0 Å². The maximum atomic E-state index is 13.1. The lowest BCUT2D eigenvalue weighted by Crippen LogP contribution is -2.19. The van der Waals surface area contributed by atoms with Crippen molar-refractivity contribution in [1.82, 2.24) is 4.98 Å². The van der Waals surface area contributed by atoms with Gasteiger partial charge in [0.15, 0.2) is 0 Å².